The quantitative estimate of drug-likeness (QED) is 0.364. The minimum atomic E-state index is -0.246. The number of benzene rings is 2. The number of aromatic nitrogens is 3. The Labute approximate surface area is 210 Å². The molecule has 0 fully saturated rings. The lowest BCUT2D eigenvalue weighted by atomic mass is 10.1. The van der Waals surface area contributed by atoms with E-state index in [0.29, 0.717) is 17.5 Å². The Morgan fingerprint density at radius 3 is 2.57 bits per heavy atom. The third-order valence-electron chi connectivity index (χ3n) is 6.29. The zero-order valence-electron chi connectivity index (χ0n) is 19.2. The van der Waals surface area contributed by atoms with Crippen molar-refractivity contribution < 1.29 is 9.59 Å². The maximum Gasteiger partial charge on any atom is 0.261 e. The minimum absolute atomic E-state index is 0.246. The number of imidazole rings is 1. The summed E-state index contributed by atoms with van der Waals surface area (Å²) in [5, 5.41) is 2.05. The number of rotatable bonds is 5. The van der Waals surface area contributed by atoms with Crippen LogP contribution in [0.5, 0.6) is 0 Å². The van der Waals surface area contributed by atoms with Gasteiger partial charge in [0.2, 0.25) is 0 Å². The highest BCUT2D eigenvalue weighted by Gasteiger charge is 2.35. The topological polar surface area (TPSA) is 80.5 Å². The molecule has 2 aliphatic rings. The Morgan fingerprint density at radius 2 is 1.83 bits per heavy atom. The Hall–Kier alpha value is -3.56. The summed E-state index contributed by atoms with van der Waals surface area (Å²) in [7, 11) is 1.99. The molecule has 0 radical (unpaired) electrons. The van der Waals surface area contributed by atoms with Gasteiger partial charge in [-0.2, -0.15) is 0 Å². The Balaban J connectivity index is 1.38. The molecule has 0 saturated heterocycles. The Kier molecular flexibility index (Phi) is 5.38. The van der Waals surface area contributed by atoms with Gasteiger partial charge in [-0.3, -0.25) is 19.5 Å². The van der Waals surface area contributed by atoms with E-state index >= 15 is 0 Å². The number of carbonyl (C=O) groups is 2. The SMILES string of the molecule is CC1=CSCC(c2nc(CCN3C(=O)c4ccccc4C3=O)n(C)c2-c2ccc3ncsc3c2)=N1. The van der Waals surface area contributed by atoms with Gasteiger partial charge < -0.3 is 4.57 Å². The van der Waals surface area contributed by atoms with E-state index in [1.54, 1.807) is 47.4 Å². The number of fused-ring (bicyclic) bond motifs is 2. The largest absolute Gasteiger partial charge is 0.331 e. The summed E-state index contributed by atoms with van der Waals surface area (Å²) < 4.78 is 3.18. The lowest BCUT2D eigenvalue weighted by Gasteiger charge is -2.14. The average Bonchev–Trinajstić information content (AvgIpc) is 3.53. The Bertz CT molecular complexity index is 1540. The maximum absolute atomic E-state index is 12.8. The van der Waals surface area contributed by atoms with Crippen molar-refractivity contribution in [3.8, 4) is 11.3 Å². The van der Waals surface area contributed by atoms with E-state index in [4.69, 9.17) is 9.98 Å². The predicted octanol–water partition coefficient (Wildman–Crippen LogP) is 4.93. The lowest BCUT2D eigenvalue weighted by molar-refractivity contribution is 0.0655. The monoisotopic (exact) mass is 499 g/mol. The molecule has 0 atom stereocenters. The van der Waals surface area contributed by atoms with Crippen LogP contribution in [0, 0.1) is 0 Å². The van der Waals surface area contributed by atoms with Crippen molar-refractivity contribution in [3.63, 3.8) is 0 Å². The molecule has 35 heavy (non-hydrogen) atoms. The van der Waals surface area contributed by atoms with Crippen LogP contribution in [0.15, 0.2) is 64.1 Å². The van der Waals surface area contributed by atoms with E-state index in [-0.39, 0.29) is 18.4 Å². The fourth-order valence-electron chi connectivity index (χ4n) is 4.59. The number of allylic oxidation sites excluding steroid dienone is 1. The first-order chi connectivity index (χ1) is 17.0. The fourth-order valence-corrected chi connectivity index (χ4v) is 6.04. The summed E-state index contributed by atoms with van der Waals surface area (Å²) >= 11 is 3.31. The molecule has 2 aromatic heterocycles. The van der Waals surface area contributed by atoms with Gasteiger partial charge in [-0.15, -0.1) is 23.1 Å². The second-order valence-electron chi connectivity index (χ2n) is 8.51. The Morgan fingerprint density at radius 1 is 1.06 bits per heavy atom. The standard InChI is InChI=1S/C26H21N5O2S2/c1-15-12-34-13-20(28-15)23-24(16-7-8-19-21(11-16)35-14-27-19)30(2)22(29-23)9-10-31-25(32)17-5-3-4-6-18(17)26(31)33/h3-8,11-12,14H,9-10,13H2,1-2H3. The van der Waals surface area contributed by atoms with E-state index in [1.165, 1.54) is 4.90 Å². The van der Waals surface area contributed by atoms with E-state index < -0.39 is 0 Å². The fraction of sp³-hybridized carbons (Fsp3) is 0.192. The predicted molar refractivity (Wildman–Crippen MR) is 140 cm³/mol. The van der Waals surface area contributed by atoms with Gasteiger partial charge in [0, 0.05) is 37.0 Å². The van der Waals surface area contributed by atoms with Crippen LogP contribution in [-0.4, -0.2) is 49.3 Å². The molecule has 0 aliphatic carbocycles. The maximum atomic E-state index is 12.8. The van der Waals surface area contributed by atoms with Crippen LogP contribution in [-0.2, 0) is 13.5 Å². The van der Waals surface area contributed by atoms with Gasteiger partial charge in [0.15, 0.2) is 0 Å². The second-order valence-corrected chi connectivity index (χ2v) is 10.2. The van der Waals surface area contributed by atoms with Crippen molar-refractivity contribution in [2.24, 2.45) is 12.0 Å². The van der Waals surface area contributed by atoms with Crippen molar-refractivity contribution >= 4 is 50.8 Å². The highest BCUT2D eigenvalue weighted by atomic mass is 32.2. The molecule has 4 heterocycles. The van der Waals surface area contributed by atoms with Gasteiger partial charge in [0.05, 0.1) is 38.3 Å². The first-order valence-electron chi connectivity index (χ1n) is 11.2. The van der Waals surface area contributed by atoms with Gasteiger partial charge in [-0.25, -0.2) is 9.97 Å². The molecule has 9 heteroatoms. The van der Waals surface area contributed by atoms with Crippen LogP contribution in [0.4, 0.5) is 0 Å². The number of hydrogen-bond acceptors (Lipinski definition) is 7. The zero-order valence-corrected chi connectivity index (χ0v) is 20.8. The van der Waals surface area contributed by atoms with Crippen molar-refractivity contribution in [1.29, 1.82) is 0 Å². The van der Waals surface area contributed by atoms with E-state index in [0.717, 1.165) is 50.2 Å². The molecular weight excluding hydrogens is 478 g/mol. The number of thiazole rings is 1. The van der Waals surface area contributed by atoms with Gasteiger partial charge in [0.25, 0.3) is 11.8 Å². The number of nitrogens with zero attached hydrogens (tertiary/aromatic N) is 5. The molecule has 174 valence electrons. The molecule has 0 N–H and O–H groups in total. The summed E-state index contributed by atoms with van der Waals surface area (Å²) in [6.07, 6.45) is 0.451. The molecule has 7 nitrogen and oxygen atoms in total. The number of aliphatic imine (C=N–C) groups is 1. The van der Waals surface area contributed by atoms with Gasteiger partial charge >= 0.3 is 0 Å². The summed E-state index contributed by atoms with van der Waals surface area (Å²) in [6.45, 7) is 2.26. The average molecular weight is 500 g/mol. The molecule has 0 spiro atoms. The number of amides is 2. The molecule has 4 aromatic rings. The molecule has 6 rings (SSSR count). The molecular formula is C26H21N5O2S2. The normalized spacial score (nSPS) is 15.5. The van der Waals surface area contributed by atoms with E-state index in [2.05, 4.69) is 27.1 Å². The van der Waals surface area contributed by atoms with Gasteiger partial charge in [-0.1, -0.05) is 18.2 Å². The number of carbonyl (C=O) groups excluding carboxylic acids is 2. The summed E-state index contributed by atoms with van der Waals surface area (Å²) in [5.41, 5.74) is 8.49. The third-order valence-corrected chi connectivity index (χ3v) is 8.03. The minimum Gasteiger partial charge on any atom is -0.331 e. The highest BCUT2D eigenvalue weighted by Crippen LogP contribution is 2.32. The van der Waals surface area contributed by atoms with E-state index in [9.17, 15) is 9.59 Å². The summed E-state index contributed by atoms with van der Waals surface area (Å²) in [5.74, 6) is 1.05. The summed E-state index contributed by atoms with van der Waals surface area (Å²) in [6, 6.07) is 13.2. The van der Waals surface area contributed by atoms with Crippen molar-refractivity contribution in [1.82, 2.24) is 19.4 Å². The van der Waals surface area contributed by atoms with Crippen LogP contribution < -0.4 is 0 Å². The smallest absolute Gasteiger partial charge is 0.261 e. The van der Waals surface area contributed by atoms with Gasteiger partial charge in [0.1, 0.15) is 11.5 Å². The number of imide groups is 1. The second kappa shape index (κ2) is 8.58. The molecule has 2 aliphatic heterocycles. The molecule has 0 bridgehead atoms. The van der Waals surface area contributed by atoms with E-state index in [1.807, 2.05) is 25.5 Å². The van der Waals surface area contributed by atoms with Gasteiger partial charge in [-0.05, 0) is 36.6 Å². The zero-order chi connectivity index (χ0) is 24.1. The first kappa shape index (κ1) is 21.9. The number of hydrogen-bond donors (Lipinski definition) is 0. The summed E-state index contributed by atoms with van der Waals surface area (Å²) in [4.78, 5) is 41.2. The van der Waals surface area contributed by atoms with Crippen LogP contribution in [0.3, 0.4) is 0 Å². The van der Waals surface area contributed by atoms with Crippen LogP contribution in [0.1, 0.15) is 39.2 Å². The van der Waals surface area contributed by atoms with Crippen LogP contribution in [0.25, 0.3) is 21.5 Å². The highest BCUT2D eigenvalue weighted by molar-refractivity contribution is 8.02. The molecule has 0 saturated carbocycles. The molecule has 2 amide bonds. The number of thioether (sulfide) groups is 1. The van der Waals surface area contributed by atoms with Crippen LogP contribution >= 0.6 is 23.1 Å². The molecule has 0 unspecified atom stereocenters. The van der Waals surface area contributed by atoms with Crippen molar-refractivity contribution in [2.75, 3.05) is 12.3 Å². The van der Waals surface area contributed by atoms with Crippen molar-refractivity contribution in [2.45, 2.75) is 13.3 Å². The molecule has 2 aromatic carbocycles. The lowest BCUT2D eigenvalue weighted by Crippen LogP contribution is -2.32. The third kappa shape index (κ3) is 3.71. The first-order valence-corrected chi connectivity index (χ1v) is 13.1. The van der Waals surface area contributed by atoms with Crippen LogP contribution in [0.2, 0.25) is 0 Å². The van der Waals surface area contributed by atoms with Crippen molar-refractivity contribution in [3.05, 3.63) is 81.7 Å².